The van der Waals surface area contributed by atoms with E-state index in [0.29, 0.717) is 12.0 Å². The van der Waals surface area contributed by atoms with Crippen molar-refractivity contribution in [2.75, 3.05) is 26.2 Å². The first kappa shape index (κ1) is 15.3. The molecule has 132 valence electrons. The molecule has 0 aliphatic carbocycles. The van der Waals surface area contributed by atoms with Crippen LogP contribution in [-0.2, 0) is 16.1 Å². The Labute approximate surface area is 147 Å². The molecule has 5 rings (SSSR count). The van der Waals surface area contributed by atoms with Crippen molar-refractivity contribution in [3.63, 3.8) is 0 Å². The lowest BCUT2D eigenvalue weighted by Gasteiger charge is -2.36. The number of aromatic amines is 1. The van der Waals surface area contributed by atoms with Crippen molar-refractivity contribution in [1.29, 1.82) is 0 Å². The van der Waals surface area contributed by atoms with E-state index in [4.69, 9.17) is 4.74 Å². The number of imidazole rings is 1. The lowest BCUT2D eigenvalue weighted by atomic mass is 9.88. The number of fused-ring (bicyclic) bond motifs is 3. The molecule has 3 aliphatic rings. The number of piperazine rings is 1. The number of nitrogens with one attached hydrogen (secondary N) is 1. The zero-order valence-electron chi connectivity index (χ0n) is 14.4. The summed E-state index contributed by atoms with van der Waals surface area (Å²) in [6, 6.07) is 8.12. The van der Waals surface area contributed by atoms with Crippen LogP contribution < -0.4 is 0 Å². The number of para-hydroxylation sites is 2. The van der Waals surface area contributed by atoms with Gasteiger partial charge >= 0.3 is 0 Å². The highest BCUT2D eigenvalue weighted by molar-refractivity contribution is 5.80. The molecule has 1 aromatic carbocycles. The number of rotatable bonds is 3. The van der Waals surface area contributed by atoms with Gasteiger partial charge in [0, 0.05) is 26.2 Å². The number of ether oxygens (including phenoxy) is 1. The maximum Gasteiger partial charge on any atom is 0.228 e. The van der Waals surface area contributed by atoms with E-state index in [9.17, 15) is 4.79 Å². The Morgan fingerprint density at radius 1 is 1.20 bits per heavy atom. The number of amides is 1. The van der Waals surface area contributed by atoms with Crippen molar-refractivity contribution in [1.82, 2.24) is 19.8 Å². The second-order valence-corrected chi connectivity index (χ2v) is 7.52. The minimum atomic E-state index is 0.112. The van der Waals surface area contributed by atoms with Gasteiger partial charge in [0.1, 0.15) is 5.82 Å². The van der Waals surface area contributed by atoms with Crippen LogP contribution in [0.5, 0.6) is 0 Å². The van der Waals surface area contributed by atoms with Crippen LogP contribution in [0.2, 0.25) is 0 Å². The monoisotopic (exact) mass is 340 g/mol. The molecule has 0 unspecified atom stereocenters. The Balaban J connectivity index is 1.18. The van der Waals surface area contributed by atoms with Crippen molar-refractivity contribution in [3.05, 3.63) is 30.1 Å². The summed E-state index contributed by atoms with van der Waals surface area (Å²) in [5.41, 5.74) is 2.10. The molecule has 3 aliphatic heterocycles. The van der Waals surface area contributed by atoms with Crippen molar-refractivity contribution < 1.29 is 9.53 Å². The van der Waals surface area contributed by atoms with E-state index in [2.05, 4.69) is 20.9 Å². The van der Waals surface area contributed by atoms with E-state index in [0.717, 1.165) is 68.8 Å². The molecule has 25 heavy (non-hydrogen) atoms. The smallest absolute Gasteiger partial charge is 0.228 e. The first-order valence-corrected chi connectivity index (χ1v) is 9.36. The number of carbonyl (C=O) groups excluding carboxylic acids is 1. The molecule has 2 aromatic rings. The standard InChI is InChI=1S/C19H24N4O2/c24-19(14-11-13-5-6-17(14)25-13)23-9-7-22(8-10-23)12-18-20-15-3-1-2-4-16(15)21-18/h1-4,13-14,17H,5-12H2,(H,20,21)/t13-,14+,17-/m0/s1. The first-order valence-electron chi connectivity index (χ1n) is 9.36. The summed E-state index contributed by atoms with van der Waals surface area (Å²) in [5.74, 6) is 1.43. The second kappa shape index (κ2) is 6.11. The van der Waals surface area contributed by atoms with Crippen molar-refractivity contribution in [3.8, 4) is 0 Å². The fourth-order valence-corrected chi connectivity index (χ4v) is 4.55. The molecular weight excluding hydrogens is 316 g/mol. The molecule has 1 N–H and O–H groups in total. The van der Waals surface area contributed by atoms with Gasteiger partial charge in [-0.25, -0.2) is 4.98 Å². The predicted molar refractivity (Wildman–Crippen MR) is 94.0 cm³/mol. The quantitative estimate of drug-likeness (QED) is 0.925. The lowest BCUT2D eigenvalue weighted by molar-refractivity contribution is -0.139. The van der Waals surface area contributed by atoms with Gasteiger partial charge in [0.05, 0.1) is 35.7 Å². The van der Waals surface area contributed by atoms with Gasteiger partial charge in [0.2, 0.25) is 5.91 Å². The topological polar surface area (TPSA) is 61.5 Å². The largest absolute Gasteiger partial charge is 0.374 e. The summed E-state index contributed by atoms with van der Waals surface area (Å²) in [6.07, 6.45) is 3.66. The van der Waals surface area contributed by atoms with Crippen LogP contribution in [0, 0.1) is 5.92 Å². The Morgan fingerprint density at radius 3 is 2.76 bits per heavy atom. The van der Waals surface area contributed by atoms with E-state index in [1.165, 1.54) is 0 Å². The molecule has 1 amide bonds. The number of benzene rings is 1. The molecule has 4 heterocycles. The summed E-state index contributed by atoms with van der Waals surface area (Å²) in [5, 5.41) is 0. The summed E-state index contributed by atoms with van der Waals surface area (Å²) >= 11 is 0. The maximum absolute atomic E-state index is 12.8. The molecule has 1 aromatic heterocycles. The third kappa shape index (κ3) is 2.83. The number of aromatic nitrogens is 2. The number of hydrogen-bond donors (Lipinski definition) is 1. The SMILES string of the molecule is O=C([C@@H]1C[C@@H]2CC[C@@H]1O2)N1CCN(Cc2nc3ccccc3[nH]2)CC1. The highest BCUT2D eigenvalue weighted by Gasteiger charge is 2.45. The van der Waals surface area contributed by atoms with E-state index < -0.39 is 0 Å². The van der Waals surface area contributed by atoms with Gasteiger partial charge in [-0.15, -0.1) is 0 Å². The van der Waals surface area contributed by atoms with Crippen molar-refractivity contribution >= 4 is 16.9 Å². The minimum absolute atomic E-state index is 0.112. The molecule has 3 fully saturated rings. The van der Waals surface area contributed by atoms with Gasteiger partial charge in [-0.05, 0) is 31.4 Å². The Hall–Kier alpha value is -1.92. The zero-order chi connectivity index (χ0) is 16.8. The Morgan fingerprint density at radius 2 is 2.04 bits per heavy atom. The van der Waals surface area contributed by atoms with Crippen LogP contribution in [0.1, 0.15) is 25.1 Å². The zero-order valence-corrected chi connectivity index (χ0v) is 14.4. The van der Waals surface area contributed by atoms with Crippen molar-refractivity contribution in [2.24, 2.45) is 5.92 Å². The van der Waals surface area contributed by atoms with E-state index >= 15 is 0 Å². The van der Waals surface area contributed by atoms with Gasteiger partial charge < -0.3 is 14.6 Å². The van der Waals surface area contributed by atoms with Crippen LogP contribution in [0.15, 0.2) is 24.3 Å². The molecule has 6 nitrogen and oxygen atoms in total. The van der Waals surface area contributed by atoms with Crippen LogP contribution in [0.25, 0.3) is 11.0 Å². The molecular formula is C19H24N4O2. The fourth-order valence-electron chi connectivity index (χ4n) is 4.55. The molecule has 6 heteroatoms. The first-order chi connectivity index (χ1) is 12.3. The van der Waals surface area contributed by atoms with Gasteiger partial charge in [0.15, 0.2) is 0 Å². The van der Waals surface area contributed by atoms with E-state index in [1.807, 2.05) is 23.1 Å². The highest BCUT2D eigenvalue weighted by atomic mass is 16.5. The van der Waals surface area contributed by atoms with Gasteiger partial charge in [-0.2, -0.15) is 0 Å². The molecule has 3 saturated heterocycles. The summed E-state index contributed by atoms with van der Waals surface area (Å²) < 4.78 is 5.86. The second-order valence-electron chi connectivity index (χ2n) is 7.52. The van der Waals surface area contributed by atoms with Crippen LogP contribution in [0.4, 0.5) is 0 Å². The van der Waals surface area contributed by atoms with Crippen LogP contribution in [-0.4, -0.2) is 64.1 Å². The lowest BCUT2D eigenvalue weighted by Crippen LogP contribution is -2.51. The third-order valence-electron chi connectivity index (χ3n) is 5.92. The number of carbonyl (C=O) groups is 1. The molecule has 0 saturated carbocycles. The van der Waals surface area contributed by atoms with Crippen LogP contribution >= 0.6 is 0 Å². The van der Waals surface area contributed by atoms with Crippen LogP contribution in [0.3, 0.4) is 0 Å². The highest BCUT2D eigenvalue weighted by Crippen LogP contribution is 2.39. The summed E-state index contributed by atoms with van der Waals surface area (Å²) in [4.78, 5) is 25.2. The normalized spacial score (nSPS) is 29.6. The Kier molecular flexibility index (Phi) is 3.75. The number of hydrogen-bond acceptors (Lipinski definition) is 4. The summed E-state index contributed by atoms with van der Waals surface area (Å²) in [6.45, 7) is 4.25. The molecule has 0 spiro atoms. The van der Waals surface area contributed by atoms with E-state index in [1.54, 1.807) is 0 Å². The minimum Gasteiger partial charge on any atom is -0.374 e. The maximum atomic E-state index is 12.8. The van der Waals surface area contributed by atoms with Gasteiger partial charge in [0.25, 0.3) is 0 Å². The molecule has 3 atom stereocenters. The summed E-state index contributed by atoms with van der Waals surface area (Å²) in [7, 11) is 0. The fraction of sp³-hybridized carbons (Fsp3) is 0.579. The number of H-pyrrole nitrogens is 1. The number of nitrogens with zero attached hydrogens (tertiary/aromatic N) is 3. The van der Waals surface area contributed by atoms with Gasteiger partial charge in [-0.1, -0.05) is 12.1 Å². The Bertz CT molecular complexity index is 748. The molecule has 2 bridgehead atoms. The van der Waals surface area contributed by atoms with E-state index in [-0.39, 0.29) is 12.0 Å². The van der Waals surface area contributed by atoms with Gasteiger partial charge in [-0.3, -0.25) is 9.69 Å². The van der Waals surface area contributed by atoms with Crippen molar-refractivity contribution in [2.45, 2.75) is 38.0 Å². The third-order valence-corrected chi connectivity index (χ3v) is 5.92. The molecule has 0 radical (unpaired) electrons. The predicted octanol–water partition coefficient (Wildman–Crippen LogP) is 1.77. The average molecular weight is 340 g/mol. The average Bonchev–Trinajstić information content (AvgIpc) is 3.36.